The normalized spacial score (nSPS) is 11.6. The molecule has 1 aromatic rings. The Bertz CT molecular complexity index is 255. The van der Waals surface area contributed by atoms with Gasteiger partial charge in [0.05, 0.1) is 13.2 Å². The zero-order valence-corrected chi connectivity index (χ0v) is 8.25. The predicted molar refractivity (Wildman–Crippen MR) is 54.3 cm³/mol. The molecule has 0 aliphatic rings. The van der Waals surface area contributed by atoms with Gasteiger partial charge in [0.25, 0.3) is 0 Å². The lowest BCUT2D eigenvalue weighted by atomic mass is 10.1. The van der Waals surface area contributed by atoms with Gasteiger partial charge in [-0.15, -0.1) is 12.4 Å². The van der Waals surface area contributed by atoms with Crippen LogP contribution < -0.4 is 10.5 Å². The fourth-order valence-corrected chi connectivity index (χ4v) is 1.07. The highest BCUT2D eigenvalue weighted by Gasteiger charge is 2.09. The smallest absolute Gasteiger partial charge is 0.124 e. The average Bonchev–Trinajstić information content (AvgIpc) is 2.16. The Balaban J connectivity index is 0.00000144. The van der Waals surface area contributed by atoms with Crippen LogP contribution in [0.5, 0.6) is 5.75 Å². The molecule has 3 N–H and O–H groups in total. The molecule has 0 heterocycles. The van der Waals surface area contributed by atoms with Crippen molar-refractivity contribution in [2.75, 3.05) is 13.7 Å². The van der Waals surface area contributed by atoms with Crippen LogP contribution in [0.2, 0.25) is 0 Å². The maximum absolute atomic E-state index is 9.44. The molecular weight excluding hydrogens is 190 g/mol. The van der Waals surface area contributed by atoms with Crippen molar-refractivity contribution in [2.24, 2.45) is 5.73 Å². The molecule has 1 rings (SSSR count). The molecule has 1 aromatic carbocycles. The van der Waals surface area contributed by atoms with Crippen LogP contribution >= 0.6 is 12.4 Å². The number of methoxy groups -OCH3 is 1. The molecule has 0 aliphatic carbocycles. The van der Waals surface area contributed by atoms with Gasteiger partial charge in [-0.25, -0.2) is 0 Å². The van der Waals surface area contributed by atoms with E-state index in [0.29, 0.717) is 5.75 Å². The minimum absolute atomic E-state index is 0. The standard InChI is InChI=1S/C9H13NO2.ClH/c1-12-9-5-3-2-4-7(9)8(11)6-10;/h2-5,8,11H,6,10H2,1H3;1H. The summed E-state index contributed by atoms with van der Waals surface area (Å²) in [7, 11) is 1.57. The molecule has 0 aliphatic heterocycles. The number of hydrogen-bond donors (Lipinski definition) is 2. The maximum Gasteiger partial charge on any atom is 0.124 e. The lowest BCUT2D eigenvalue weighted by molar-refractivity contribution is 0.182. The Morgan fingerprint density at radius 3 is 2.62 bits per heavy atom. The maximum atomic E-state index is 9.44. The first-order valence-corrected chi connectivity index (χ1v) is 3.80. The molecule has 0 radical (unpaired) electrons. The number of aliphatic hydroxyl groups excluding tert-OH is 1. The van der Waals surface area contributed by atoms with Crippen molar-refractivity contribution < 1.29 is 9.84 Å². The Labute approximate surface area is 83.9 Å². The number of benzene rings is 1. The van der Waals surface area contributed by atoms with Crippen LogP contribution in [-0.4, -0.2) is 18.8 Å². The highest BCUT2D eigenvalue weighted by molar-refractivity contribution is 5.85. The molecule has 4 heteroatoms. The van der Waals surface area contributed by atoms with E-state index in [9.17, 15) is 5.11 Å². The van der Waals surface area contributed by atoms with E-state index in [1.807, 2.05) is 12.1 Å². The summed E-state index contributed by atoms with van der Waals surface area (Å²) >= 11 is 0. The van der Waals surface area contributed by atoms with Crippen molar-refractivity contribution in [1.82, 2.24) is 0 Å². The van der Waals surface area contributed by atoms with Gasteiger partial charge in [0.15, 0.2) is 0 Å². The van der Waals surface area contributed by atoms with Crippen LogP contribution in [0.3, 0.4) is 0 Å². The summed E-state index contributed by atoms with van der Waals surface area (Å²) in [6, 6.07) is 7.30. The lowest BCUT2D eigenvalue weighted by Gasteiger charge is -2.11. The third kappa shape index (κ3) is 2.88. The predicted octanol–water partition coefficient (Wildman–Crippen LogP) is 1.11. The summed E-state index contributed by atoms with van der Waals surface area (Å²) in [4.78, 5) is 0. The molecule has 1 atom stereocenters. The summed E-state index contributed by atoms with van der Waals surface area (Å²) in [5.74, 6) is 0.676. The van der Waals surface area contributed by atoms with Crippen molar-refractivity contribution in [3.05, 3.63) is 29.8 Å². The van der Waals surface area contributed by atoms with Gasteiger partial charge in [0, 0.05) is 12.1 Å². The average molecular weight is 204 g/mol. The number of para-hydroxylation sites is 1. The Kier molecular flexibility index (Phi) is 5.46. The quantitative estimate of drug-likeness (QED) is 0.774. The topological polar surface area (TPSA) is 55.5 Å². The van der Waals surface area contributed by atoms with E-state index in [-0.39, 0.29) is 19.0 Å². The molecule has 1 unspecified atom stereocenters. The second kappa shape index (κ2) is 5.80. The van der Waals surface area contributed by atoms with Gasteiger partial charge in [-0.1, -0.05) is 18.2 Å². The van der Waals surface area contributed by atoms with E-state index < -0.39 is 6.10 Å². The van der Waals surface area contributed by atoms with Gasteiger partial charge in [-0.3, -0.25) is 0 Å². The monoisotopic (exact) mass is 203 g/mol. The Morgan fingerprint density at radius 2 is 2.08 bits per heavy atom. The first-order valence-electron chi connectivity index (χ1n) is 3.80. The summed E-state index contributed by atoms with van der Waals surface area (Å²) in [6.45, 7) is 0.209. The van der Waals surface area contributed by atoms with Crippen LogP contribution in [0.25, 0.3) is 0 Å². The van der Waals surface area contributed by atoms with Crippen molar-refractivity contribution in [3.63, 3.8) is 0 Å². The SMILES string of the molecule is COc1ccccc1C(O)CN.Cl. The Morgan fingerprint density at radius 1 is 1.46 bits per heavy atom. The van der Waals surface area contributed by atoms with Gasteiger partial charge in [0.1, 0.15) is 5.75 Å². The van der Waals surface area contributed by atoms with Gasteiger partial charge < -0.3 is 15.6 Å². The van der Waals surface area contributed by atoms with Crippen LogP contribution in [0.15, 0.2) is 24.3 Å². The fraction of sp³-hybridized carbons (Fsp3) is 0.333. The van der Waals surface area contributed by atoms with E-state index in [0.717, 1.165) is 5.56 Å². The van der Waals surface area contributed by atoms with E-state index in [2.05, 4.69) is 0 Å². The van der Waals surface area contributed by atoms with Crippen LogP contribution in [0.4, 0.5) is 0 Å². The summed E-state index contributed by atoms with van der Waals surface area (Å²) in [5.41, 5.74) is 6.06. The lowest BCUT2D eigenvalue weighted by Crippen LogP contribution is -2.12. The third-order valence-electron chi connectivity index (χ3n) is 1.72. The Hall–Kier alpha value is -0.770. The van der Waals surface area contributed by atoms with Crippen molar-refractivity contribution in [1.29, 1.82) is 0 Å². The number of hydrogen-bond acceptors (Lipinski definition) is 3. The highest BCUT2D eigenvalue weighted by Crippen LogP contribution is 2.23. The van der Waals surface area contributed by atoms with Crippen molar-refractivity contribution in [2.45, 2.75) is 6.10 Å². The minimum Gasteiger partial charge on any atom is -0.496 e. The molecule has 0 bridgehead atoms. The first-order chi connectivity index (χ1) is 5.79. The first kappa shape index (κ1) is 12.2. The highest BCUT2D eigenvalue weighted by atomic mass is 35.5. The van der Waals surface area contributed by atoms with Crippen molar-refractivity contribution >= 4 is 12.4 Å². The van der Waals surface area contributed by atoms with E-state index in [1.54, 1.807) is 19.2 Å². The van der Waals surface area contributed by atoms with Crippen LogP contribution in [0, 0.1) is 0 Å². The number of ether oxygens (including phenoxy) is 1. The van der Waals surface area contributed by atoms with Gasteiger partial charge >= 0.3 is 0 Å². The number of nitrogens with two attached hydrogens (primary N) is 1. The fourth-order valence-electron chi connectivity index (χ4n) is 1.07. The molecule has 74 valence electrons. The van der Waals surface area contributed by atoms with E-state index in [4.69, 9.17) is 10.5 Å². The molecule has 13 heavy (non-hydrogen) atoms. The molecular formula is C9H14ClNO2. The van der Waals surface area contributed by atoms with Gasteiger partial charge in [-0.2, -0.15) is 0 Å². The zero-order valence-electron chi connectivity index (χ0n) is 7.43. The summed E-state index contributed by atoms with van der Waals surface area (Å²) < 4.78 is 5.05. The van der Waals surface area contributed by atoms with E-state index in [1.165, 1.54) is 0 Å². The molecule has 0 saturated carbocycles. The van der Waals surface area contributed by atoms with E-state index >= 15 is 0 Å². The molecule has 0 amide bonds. The molecule has 0 spiro atoms. The second-order valence-corrected chi connectivity index (χ2v) is 2.49. The number of aliphatic hydroxyl groups is 1. The molecule has 0 saturated heterocycles. The molecule has 3 nitrogen and oxygen atoms in total. The van der Waals surface area contributed by atoms with Crippen LogP contribution in [0.1, 0.15) is 11.7 Å². The summed E-state index contributed by atoms with van der Waals surface area (Å²) in [6.07, 6.45) is -0.638. The largest absolute Gasteiger partial charge is 0.496 e. The summed E-state index contributed by atoms with van der Waals surface area (Å²) in [5, 5.41) is 9.44. The van der Waals surface area contributed by atoms with Crippen molar-refractivity contribution in [3.8, 4) is 5.75 Å². The third-order valence-corrected chi connectivity index (χ3v) is 1.72. The molecule has 0 aromatic heterocycles. The van der Waals surface area contributed by atoms with Crippen LogP contribution in [-0.2, 0) is 0 Å². The minimum atomic E-state index is -0.638. The molecule has 0 fully saturated rings. The number of halogens is 1. The zero-order chi connectivity index (χ0) is 8.97. The van der Waals surface area contributed by atoms with Gasteiger partial charge in [-0.05, 0) is 6.07 Å². The number of rotatable bonds is 3. The second-order valence-electron chi connectivity index (χ2n) is 2.49. The van der Waals surface area contributed by atoms with Gasteiger partial charge in [0.2, 0.25) is 0 Å².